The molecule has 22 heavy (non-hydrogen) atoms. The van der Waals surface area contributed by atoms with Crippen molar-refractivity contribution in [3.63, 3.8) is 0 Å². The van der Waals surface area contributed by atoms with Crippen molar-refractivity contribution in [2.75, 3.05) is 13.7 Å². The summed E-state index contributed by atoms with van der Waals surface area (Å²) in [5.41, 5.74) is -0.206. The maximum atomic E-state index is 12.6. The van der Waals surface area contributed by atoms with E-state index in [2.05, 4.69) is 4.74 Å². The molecule has 0 fully saturated rings. The molecule has 1 heterocycles. The highest BCUT2D eigenvalue weighted by atomic mass is 32.2. The minimum absolute atomic E-state index is 0.0408. The fourth-order valence-electron chi connectivity index (χ4n) is 2.14. The van der Waals surface area contributed by atoms with Gasteiger partial charge in [-0.2, -0.15) is 4.31 Å². The molecule has 1 unspecified atom stereocenters. The third-order valence-electron chi connectivity index (χ3n) is 3.29. The number of hydrogen-bond donors (Lipinski definition) is 0. The van der Waals surface area contributed by atoms with Crippen LogP contribution in [0.3, 0.4) is 0 Å². The van der Waals surface area contributed by atoms with Crippen molar-refractivity contribution in [3.8, 4) is 0 Å². The van der Waals surface area contributed by atoms with Crippen molar-refractivity contribution < 1.29 is 22.9 Å². The number of non-ortho nitro benzene ring substituents is 1. The smallest absolute Gasteiger partial charge is 0.324 e. The molecule has 1 atom stereocenters. The first-order chi connectivity index (χ1) is 10.4. The number of methoxy groups -OCH3 is 1. The molecular formula is C13H14N2O6S. The Labute approximate surface area is 127 Å². The van der Waals surface area contributed by atoms with Crippen molar-refractivity contribution in [1.29, 1.82) is 0 Å². The Bertz CT molecular complexity index is 711. The first-order valence-electron chi connectivity index (χ1n) is 6.37. The molecule has 2 rings (SSSR count). The van der Waals surface area contributed by atoms with Crippen LogP contribution < -0.4 is 0 Å². The minimum Gasteiger partial charge on any atom is -0.468 e. The maximum Gasteiger partial charge on any atom is 0.324 e. The zero-order valence-corrected chi connectivity index (χ0v) is 12.5. The zero-order valence-electron chi connectivity index (χ0n) is 11.7. The highest BCUT2D eigenvalue weighted by Crippen LogP contribution is 2.24. The summed E-state index contributed by atoms with van der Waals surface area (Å²) in [6, 6.07) is 3.59. The van der Waals surface area contributed by atoms with E-state index in [1.165, 1.54) is 7.11 Å². The monoisotopic (exact) mass is 326 g/mol. The van der Waals surface area contributed by atoms with Gasteiger partial charge in [0.25, 0.3) is 5.69 Å². The number of ether oxygens (including phenoxy) is 1. The molecule has 0 saturated carbocycles. The van der Waals surface area contributed by atoms with E-state index < -0.39 is 27.0 Å². The molecule has 1 aliphatic rings. The van der Waals surface area contributed by atoms with E-state index in [-0.39, 0.29) is 23.5 Å². The number of benzene rings is 1. The molecule has 118 valence electrons. The number of sulfonamides is 1. The molecule has 0 N–H and O–H groups in total. The van der Waals surface area contributed by atoms with Gasteiger partial charge in [-0.05, 0) is 18.6 Å². The Morgan fingerprint density at radius 2 is 1.95 bits per heavy atom. The van der Waals surface area contributed by atoms with Gasteiger partial charge in [0.1, 0.15) is 6.04 Å². The van der Waals surface area contributed by atoms with Crippen molar-refractivity contribution in [1.82, 2.24) is 4.31 Å². The van der Waals surface area contributed by atoms with Gasteiger partial charge < -0.3 is 4.74 Å². The van der Waals surface area contributed by atoms with E-state index in [1.807, 2.05) is 0 Å². The number of carbonyl (C=O) groups excluding carboxylic acids is 1. The van der Waals surface area contributed by atoms with E-state index in [9.17, 15) is 23.3 Å². The second-order valence-electron chi connectivity index (χ2n) is 4.57. The number of esters is 1. The zero-order chi connectivity index (χ0) is 16.3. The second-order valence-corrected chi connectivity index (χ2v) is 6.46. The first kappa shape index (κ1) is 16.1. The predicted octanol–water partition coefficient (Wildman–Crippen LogP) is 1.09. The largest absolute Gasteiger partial charge is 0.468 e. The van der Waals surface area contributed by atoms with Gasteiger partial charge in [0.2, 0.25) is 10.0 Å². The summed E-state index contributed by atoms with van der Waals surface area (Å²) >= 11 is 0. The molecule has 0 saturated heterocycles. The lowest BCUT2D eigenvalue weighted by molar-refractivity contribution is -0.384. The molecule has 0 radical (unpaired) electrons. The third-order valence-corrected chi connectivity index (χ3v) is 5.18. The average Bonchev–Trinajstić information content (AvgIpc) is 2.54. The van der Waals surface area contributed by atoms with Gasteiger partial charge in [0.15, 0.2) is 0 Å². The van der Waals surface area contributed by atoms with Crippen LogP contribution in [0.25, 0.3) is 0 Å². The van der Waals surface area contributed by atoms with Crippen LogP contribution in [-0.4, -0.2) is 43.3 Å². The van der Waals surface area contributed by atoms with E-state index >= 15 is 0 Å². The van der Waals surface area contributed by atoms with Crippen molar-refractivity contribution in [2.24, 2.45) is 0 Å². The highest BCUT2D eigenvalue weighted by Gasteiger charge is 2.36. The van der Waals surface area contributed by atoms with Gasteiger partial charge in [-0.15, -0.1) is 0 Å². The molecule has 0 spiro atoms. The quantitative estimate of drug-likeness (QED) is 0.355. The topological polar surface area (TPSA) is 107 Å². The van der Waals surface area contributed by atoms with Crippen LogP contribution in [0, 0.1) is 10.1 Å². The molecule has 9 heteroatoms. The molecule has 0 bridgehead atoms. The summed E-state index contributed by atoms with van der Waals surface area (Å²) < 4.78 is 30.9. The van der Waals surface area contributed by atoms with Crippen molar-refractivity contribution >= 4 is 21.7 Å². The van der Waals surface area contributed by atoms with Gasteiger partial charge >= 0.3 is 5.97 Å². The van der Waals surface area contributed by atoms with Crippen molar-refractivity contribution in [2.45, 2.75) is 17.4 Å². The Hall–Kier alpha value is -2.26. The number of hydrogen-bond acceptors (Lipinski definition) is 6. The fourth-order valence-corrected chi connectivity index (χ4v) is 3.68. The number of rotatable bonds is 4. The Morgan fingerprint density at radius 3 is 2.50 bits per heavy atom. The minimum atomic E-state index is -3.95. The van der Waals surface area contributed by atoms with Gasteiger partial charge in [-0.1, -0.05) is 12.2 Å². The van der Waals surface area contributed by atoms with Gasteiger partial charge in [0.05, 0.1) is 16.9 Å². The summed E-state index contributed by atoms with van der Waals surface area (Å²) in [6.45, 7) is 0.0408. The number of nitro groups is 1. The van der Waals surface area contributed by atoms with Crippen LogP contribution in [0.2, 0.25) is 0 Å². The van der Waals surface area contributed by atoms with Crippen LogP contribution in [0.1, 0.15) is 6.42 Å². The van der Waals surface area contributed by atoms with Crippen LogP contribution in [0.5, 0.6) is 0 Å². The lowest BCUT2D eigenvalue weighted by Crippen LogP contribution is -2.46. The third kappa shape index (κ3) is 3.00. The fraction of sp³-hybridized carbons (Fsp3) is 0.308. The molecular weight excluding hydrogens is 312 g/mol. The number of carbonyl (C=O) groups is 1. The summed E-state index contributed by atoms with van der Waals surface area (Å²) in [4.78, 5) is 21.6. The summed E-state index contributed by atoms with van der Waals surface area (Å²) in [5, 5.41) is 10.6. The lowest BCUT2D eigenvalue weighted by atomic mass is 10.1. The van der Waals surface area contributed by atoms with Crippen LogP contribution in [0.15, 0.2) is 41.3 Å². The summed E-state index contributed by atoms with van der Waals surface area (Å²) in [5.74, 6) is -0.644. The molecule has 0 aromatic heterocycles. The van der Waals surface area contributed by atoms with Gasteiger partial charge in [0, 0.05) is 18.7 Å². The van der Waals surface area contributed by atoms with Crippen LogP contribution >= 0.6 is 0 Å². The van der Waals surface area contributed by atoms with Crippen LogP contribution in [-0.2, 0) is 19.6 Å². The second kappa shape index (κ2) is 6.24. The molecule has 0 amide bonds. The molecule has 0 aliphatic carbocycles. The molecule has 1 aromatic carbocycles. The van der Waals surface area contributed by atoms with Crippen LogP contribution in [0.4, 0.5) is 5.69 Å². The number of nitro benzene ring substituents is 1. The molecule has 8 nitrogen and oxygen atoms in total. The maximum absolute atomic E-state index is 12.6. The SMILES string of the molecule is COC(=O)C1CC=CCN1S(=O)(=O)c1ccc([N+](=O)[O-])cc1. The molecule has 1 aliphatic heterocycles. The average molecular weight is 326 g/mol. The Balaban J connectivity index is 2.37. The normalized spacial score (nSPS) is 18.9. The van der Waals surface area contributed by atoms with Crippen molar-refractivity contribution in [3.05, 3.63) is 46.5 Å². The first-order valence-corrected chi connectivity index (χ1v) is 7.81. The predicted molar refractivity (Wildman–Crippen MR) is 76.5 cm³/mol. The number of nitrogens with zero attached hydrogens (tertiary/aromatic N) is 2. The van der Waals surface area contributed by atoms with E-state index in [0.29, 0.717) is 0 Å². The van der Waals surface area contributed by atoms with Gasteiger partial charge in [-0.25, -0.2) is 8.42 Å². The van der Waals surface area contributed by atoms with E-state index in [0.717, 1.165) is 28.6 Å². The van der Waals surface area contributed by atoms with E-state index in [1.54, 1.807) is 12.2 Å². The Morgan fingerprint density at radius 1 is 1.32 bits per heavy atom. The summed E-state index contributed by atoms with van der Waals surface area (Å²) in [7, 11) is -2.76. The Kier molecular flexibility index (Phi) is 4.57. The van der Waals surface area contributed by atoms with E-state index in [4.69, 9.17) is 0 Å². The van der Waals surface area contributed by atoms with Gasteiger partial charge in [-0.3, -0.25) is 14.9 Å². The molecule has 1 aromatic rings. The standard InChI is InChI=1S/C13H14N2O6S/c1-21-13(16)12-4-2-3-9-14(12)22(19,20)11-7-5-10(6-8-11)15(17)18/h2-3,5-8,12H,4,9H2,1H3. The lowest BCUT2D eigenvalue weighted by Gasteiger charge is -2.29. The highest BCUT2D eigenvalue weighted by molar-refractivity contribution is 7.89. The summed E-state index contributed by atoms with van der Waals surface area (Å²) in [6.07, 6.45) is 3.57.